The van der Waals surface area contributed by atoms with Crippen molar-refractivity contribution >= 4 is 34.4 Å². The molecule has 1 saturated carbocycles. The van der Waals surface area contributed by atoms with E-state index in [2.05, 4.69) is 10.3 Å². The summed E-state index contributed by atoms with van der Waals surface area (Å²) >= 11 is 5.93. The van der Waals surface area contributed by atoms with Crippen LogP contribution in [0.3, 0.4) is 0 Å². The summed E-state index contributed by atoms with van der Waals surface area (Å²) in [6, 6.07) is 13.9. The van der Waals surface area contributed by atoms with Gasteiger partial charge in [-0.05, 0) is 61.4 Å². The molecule has 4 rings (SSSR count). The number of halogens is 1. The number of hydrogen-bond donors (Lipinski definition) is 3. The van der Waals surface area contributed by atoms with Crippen LogP contribution < -0.4 is 16.6 Å². The summed E-state index contributed by atoms with van der Waals surface area (Å²) in [5.74, 6) is -1.41. The second kappa shape index (κ2) is 10.9. The number of carbonyl (C=O) groups is 2. The molecule has 184 valence electrons. The van der Waals surface area contributed by atoms with Gasteiger partial charge in [0.15, 0.2) is 0 Å². The molecule has 1 heterocycles. The van der Waals surface area contributed by atoms with Gasteiger partial charge < -0.3 is 15.4 Å². The number of fused-ring (bicyclic) bond motifs is 1. The summed E-state index contributed by atoms with van der Waals surface area (Å²) < 4.78 is 1.26. The number of carboxylic acids is 1. The number of amides is 1. The molecule has 8 nitrogen and oxygen atoms in total. The average Bonchev–Trinajstić information content (AvgIpc) is 2.85. The predicted octanol–water partition coefficient (Wildman–Crippen LogP) is 3.52. The SMILES string of the molecule is O=C(O)C[C@H](CNC(=O)C1CCC(Cn2c(=O)[nH]c3ccccc3c2=O)CC1)c1ccc(Cl)cc1. The van der Waals surface area contributed by atoms with Crippen molar-refractivity contribution in [1.29, 1.82) is 0 Å². The van der Waals surface area contributed by atoms with Gasteiger partial charge in [0.2, 0.25) is 5.91 Å². The second-order valence-electron chi connectivity index (χ2n) is 9.20. The minimum atomic E-state index is -0.932. The van der Waals surface area contributed by atoms with E-state index in [0.29, 0.717) is 35.3 Å². The van der Waals surface area contributed by atoms with Gasteiger partial charge in [0, 0.05) is 29.9 Å². The average molecular weight is 498 g/mol. The number of aliphatic carboxylic acids is 1. The first-order valence-electron chi connectivity index (χ1n) is 11.8. The number of aromatic nitrogens is 2. The fourth-order valence-electron chi connectivity index (χ4n) is 4.85. The molecule has 0 saturated heterocycles. The number of carbonyl (C=O) groups excluding carboxylic acids is 1. The van der Waals surface area contributed by atoms with Gasteiger partial charge in [0.25, 0.3) is 5.56 Å². The summed E-state index contributed by atoms with van der Waals surface area (Å²) in [5, 5.41) is 13.3. The van der Waals surface area contributed by atoms with Crippen LogP contribution >= 0.6 is 11.6 Å². The zero-order chi connectivity index (χ0) is 24.9. The molecule has 3 N–H and O–H groups in total. The summed E-state index contributed by atoms with van der Waals surface area (Å²) in [6.07, 6.45) is 2.67. The summed E-state index contributed by atoms with van der Waals surface area (Å²) in [5.41, 5.74) is 0.627. The maximum absolute atomic E-state index is 12.8. The Morgan fingerprint density at radius 2 is 1.74 bits per heavy atom. The molecule has 0 aliphatic heterocycles. The van der Waals surface area contributed by atoms with Gasteiger partial charge in [0.05, 0.1) is 17.3 Å². The van der Waals surface area contributed by atoms with Crippen molar-refractivity contribution in [3.8, 4) is 0 Å². The molecule has 1 atom stereocenters. The highest BCUT2D eigenvalue weighted by Crippen LogP contribution is 2.30. The Labute approximate surface area is 206 Å². The fourth-order valence-corrected chi connectivity index (χ4v) is 4.98. The van der Waals surface area contributed by atoms with E-state index in [9.17, 15) is 24.3 Å². The molecular weight excluding hydrogens is 470 g/mol. The molecule has 35 heavy (non-hydrogen) atoms. The number of benzene rings is 2. The van der Waals surface area contributed by atoms with Crippen LogP contribution in [0.2, 0.25) is 5.02 Å². The summed E-state index contributed by atoms with van der Waals surface area (Å²) in [4.78, 5) is 52.1. The zero-order valence-corrected chi connectivity index (χ0v) is 20.0. The Kier molecular flexibility index (Phi) is 7.70. The Balaban J connectivity index is 1.34. The molecule has 0 spiro atoms. The lowest BCUT2D eigenvalue weighted by Gasteiger charge is -2.28. The molecule has 1 fully saturated rings. The Morgan fingerprint density at radius 3 is 2.43 bits per heavy atom. The van der Waals surface area contributed by atoms with E-state index in [1.165, 1.54) is 4.57 Å². The lowest BCUT2D eigenvalue weighted by Crippen LogP contribution is -2.39. The van der Waals surface area contributed by atoms with Crippen LogP contribution in [0.15, 0.2) is 58.1 Å². The largest absolute Gasteiger partial charge is 0.481 e. The van der Waals surface area contributed by atoms with Crippen molar-refractivity contribution in [2.75, 3.05) is 6.54 Å². The predicted molar refractivity (Wildman–Crippen MR) is 134 cm³/mol. The lowest BCUT2D eigenvalue weighted by atomic mass is 9.81. The molecule has 1 aromatic heterocycles. The number of nitrogens with one attached hydrogen (secondary N) is 2. The Morgan fingerprint density at radius 1 is 1.06 bits per heavy atom. The highest BCUT2D eigenvalue weighted by atomic mass is 35.5. The third-order valence-corrected chi connectivity index (χ3v) is 7.08. The Hall–Kier alpha value is -3.39. The van der Waals surface area contributed by atoms with E-state index in [1.54, 1.807) is 48.5 Å². The van der Waals surface area contributed by atoms with E-state index in [1.807, 2.05) is 0 Å². The first-order chi connectivity index (χ1) is 16.8. The number of rotatable bonds is 8. The van der Waals surface area contributed by atoms with Crippen LogP contribution in [0.25, 0.3) is 10.9 Å². The number of para-hydroxylation sites is 1. The van der Waals surface area contributed by atoms with Crippen LogP contribution in [0.1, 0.15) is 43.6 Å². The third kappa shape index (κ3) is 6.00. The van der Waals surface area contributed by atoms with Crippen LogP contribution in [0.5, 0.6) is 0 Å². The van der Waals surface area contributed by atoms with E-state index in [-0.39, 0.29) is 42.2 Å². The van der Waals surface area contributed by atoms with Crippen LogP contribution in [0, 0.1) is 11.8 Å². The lowest BCUT2D eigenvalue weighted by molar-refractivity contribution is -0.137. The van der Waals surface area contributed by atoms with Gasteiger partial charge in [-0.15, -0.1) is 0 Å². The zero-order valence-electron chi connectivity index (χ0n) is 19.2. The van der Waals surface area contributed by atoms with E-state index < -0.39 is 11.7 Å². The second-order valence-corrected chi connectivity index (χ2v) is 9.64. The van der Waals surface area contributed by atoms with Gasteiger partial charge in [0.1, 0.15) is 0 Å². The van der Waals surface area contributed by atoms with Gasteiger partial charge in [-0.3, -0.25) is 19.0 Å². The van der Waals surface area contributed by atoms with Gasteiger partial charge in [-0.1, -0.05) is 35.9 Å². The molecule has 1 aliphatic rings. The molecule has 0 radical (unpaired) electrons. The minimum absolute atomic E-state index is 0.0893. The fraction of sp³-hybridized carbons (Fsp3) is 0.385. The molecular formula is C26H28ClN3O5. The first kappa shape index (κ1) is 24.7. The Bertz CT molecular complexity index is 1320. The van der Waals surface area contributed by atoms with E-state index in [4.69, 9.17) is 11.6 Å². The van der Waals surface area contributed by atoms with E-state index in [0.717, 1.165) is 18.4 Å². The molecule has 3 aromatic rings. The third-order valence-electron chi connectivity index (χ3n) is 6.83. The van der Waals surface area contributed by atoms with Crippen LogP contribution in [-0.4, -0.2) is 33.1 Å². The number of hydrogen-bond acceptors (Lipinski definition) is 4. The van der Waals surface area contributed by atoms with Crippen molar-refractivity contribution in [1.82, 2.24) is 14.9 Å². The summed E-state index contributed by atoms with van der Waals surface area (Å²) in [7, 11) is 0. The monoisotopic (exact) mass is 497 g/mol. The molecule has 9 heteroatoms. The van der Waals surface area contributed by atoms with Crippen molar-refractivity contribution in [3.05, 3.63) is 80.0 Å². The van der Waals surface area contributed by atoms with Crippen molar-refractivity contribution in [2.24, 2.45) is 11.8 Å². The number of H-pyrrole nitrogens is 1. The quantitative estimate of drug-likeness (QED) is 0.439. The number of nitrogens with zero attached hydrogens (tertiary/aromatic N) is 1. The van der Waals surface area contributed by atoms with Crippen molar-refractivity contribution < 1.29 is 14.7 Å². The number of carboxylic acid groups (broad SMARTS) is 1. The van der Waals surface area contributed by atoms with Gasteiger partial charge in [-0.2, -0.15) is 0 Å². The summed E-state index contributed by atoms with van der Waals surface area (Å²) in [6.45, 7) is 0.555. The minimum Gasteiger partial charge on any atom is -0.481 e. The van der Waals surface area contributed by atoms with Crippen molar-refractivity contribution in [2.45, 2.75) is 44.6 Å². The maximum atomic E-state index is 12.8. The standard InChI is InChI=1S/C26H28ClN3O5/c27-20-11-9-17(10-12-20)19(13-23(31)32)14-28-24(33)18-7-5-16(6-8-18)15-30-25(34)21-3-1-2-4-22(21)29-26(30)35/h1-4,9-12,16,18-19H,5-8,13-15H2,(H,28,33)(H,29,35)(H,31,32)/t16?,18?,19-/m1/s1. The highest BCUT2D eigenvalue weighted by Gasteiger charge is 2.28. The molecule has 0 bridgehead atoms. The van der Waals surface area contributed by atoms with Crippen LogP contribution in [-0.2, 0) is 16.1 Å². The molecule has 2 aromatic carbocycles. The number of aromatic amines is 1. The van der Waals surface area contributed by atoms with Crippen molar-refractivity contribution in [3.63, 3.8) is 0 Å². The topological polar surface area (TPSA) is 121 Å². The van der Waals surface area contributed by atoms with Gasteiger partial charge in [-0.25, -0.2) is 4.79 Å². The first-order valence-corrected chi connectivity index (χ1v) is 12.2. The smallest absolute Gasteiger partial charge is 0.328 e. The molecule has 1 aliphatic carbocycles. The van der Waals surface area contributed by atoms with Gasteiger partial charge >= 0.3 is 11.7 Å². The maximum Gasteiger partial charge on any atom is 0.328 e. The van der Waals surface area contributed by atoms with E-state index >= 15 is 0 Å². The molecule has 0 unspecified atom stereocenters. The molecule has 1 amide bonds. The van der Waals surface area contributed by atoms with Crippen LogP contribution in [0.4, 0.5) is 0 Å². The highest BCUT2D eigenvalue weighted by molar-refractivity contribution is 6.30. The normalized spacial score (nSPS) is 18.8.